The molecule has 1 heterocycles. The van der Waals surface area contributed by atoms with Crippen LogP contribution in [0.5, 0.6) is 5.75 Å². The van der Waals surface area contributed by atoms with Crippen molar-refractivity contribution in [1.29, 1.82) is 0 Å². The van der Waals surface area contributed by atoms with Gasteiger partial charge in [0.2, 0.25) is 0 Å². The zero-order chi connectivity index (χ0) is 21.1. The van der Waals surface area contributed by atoms with Gasteiger partial charge in [-0.05, 0) is 48.4 Å². The summed E-state index contributed by atoms with van der Waals surface area (Å²) < 4.78 is 5.99. The van der Waals surface area contributed by atoms with Crippen LogP contribution >= 0.6 is 0 Å². The van der Waals surface area contributed by atoms with Gasteiger partial charge < -0.3 is 15.4 Å². The third-order valence-electron chi connectivity index (χ3n) is 4.93. The molecule has 1 aromatic heterocycles. The molecule has 2 N–H and O–H groups in total. The third-order valence-corrected chi connectivity index (χ3v) is 4.93. The number of nitrogens with one attached hydrogen (secondary N) is 2. The Morgan fingerprint density at radius 2 is 1.53 bits per heavy atom. The van der Waals surface area contributed by atoms with E-state index in [0.717, 1.165) is 27.6 Å². The van der Waals surface area contributed by atoms with Crippen molar-refractivity contribution in [3.05, 3.63) is 92.5 Å². The predicted octanol–water partition coefficient (Wildman–Crippen LogP) is 3.84. The highest BCUT2D eigenvalue weighted by Crippen LogP contribution is 2.30. The Kier molecular flexibility index (Phi) is 5.48. The summed E-state index contributed by atoms with van der Waals surface area (Å²) in [4.78, 5) is 28.2. The van der Waals surface area contributed by atoms with Crippen molar-refractivity contribution in [3.63, 3.8) is 0 Å². The van der Waals surface area contributed by atoms with E-state index in [1.54, 1.807) is 12.4 Å². The van der Waals surface area contributed by atoms with E-state index in [1.807, 2.05) is 62.4 Å². The topological polar surface area (TPSA) is 80.3 Å². The number of nitrogens with zero attached hydrogens (tertiary/aromatic N) is 1. The summed E-state index contributed by atoms with van der Waals surface area (Å²) >= 11 is 0. The van der Waals surface area contributed by atoms with Crippen molar-refractivity contribution >= 4 is 22.1 Å². The van der Waals surface area contributed by atoms with Crippen molar-refractivity contribution in [2.24, 2.45) is 0 Å². The Balaban J connectivity index is 1.58. The standard InChI is InChI=1S/C24H23N3O3/c1-15(2)30-20-8-7-17-5-3-4-6-18(17)19(20)14-27-22-21(23(28)24(22)29)26-13-16-9-11-25-12-10-16/h3-12,15,26-27H,13-14H2,1-2H3. The minimum atomic E-state index is -0.501. The number of hydrogen-bond donors (Lipinski definition) is 2. The van der Waals surface area contributed by atoms with Gasteiger partial charge in [0, 0.05) is 31.0 Å². The van der Waals surface area contributed by atoms with E-state index in [4.69, 9.17) is 4.74 Å². The Morgan fingerprint density at radius 3 is 2.23 bits per heavy atom. The Labute approximate surface area is 174 Å². The van der Waals surface area contributed by atoms with Gasteiger partial charge in [0.15, 0.2) is 0 Å². The molecule has 152 valence electrons. The Bertz CT molecular complexity index is 1240. The molecule has 0 saturated carbocycles. The fraction of sp³-hybridized carbons (Fsp3) is 0.208. The summed E-state index contributed by atoms with van der Waals surface area (Å²) in [7, 11) is 0. The van der Waals surface area contributed by atoms with Gasteiger partial charge >= 0.3 is 0 Å². The quantitative estimate of drug-likeness (QED) is 0.437. The van der Waals surface area contributed by atoms with Gasteiger partial charge in [-0.25, -0.2) is 0 Å². The van der Waals surface area contributed by atoms with E-state index in [1.165, 1.54) is 0 Å². The zero-order valence-corrected chi connectivity index (χ0v) is 16.9. The van der Waals surface area contributed by atoms with Crippen molar-refractivity contribution in [2.45, 2.75) is 33.0 Å². The van der Waals surface area contributed by atoms with Gasteiger partial charge in [-0.2, -0.15) is 0 Å². The molecule has 0 atom stereocenters. The Hall–Kier alpha value is -3.67. The maximum atomic E-state index is 12.2. The summed E-state index contributed by atoms with van der Waals surface area (Å²) in [6.07, 6.45) is 3.40. The molecule has 6 nitrogen and oxygen atoms in total. The van der Waals surface area contributed by atoms with Gasteiger partial charge in [0.05, 0.1) is 6.10 Å². The van der Waals surface area contributed by atoms with E-state index in [2.05, 4.69) is 15.6 Å². The molecule has 30 heavy (non-hydrogen) atoms. The molecule has 0 unspecified atom stereocenters. The SMILES string of the molecule is CC(C)Oc1ccc2ccccc2c1CNc1c(NCc2ccncc2)c(=O)c1=O. The van der Waals surface area contributed by atoms with E-state index in [0.29, 0.717) is 24.5 Å². The van der Waals surface area contributed by atoms with Crippen molar-refractivity contribution in [2.75, 3.05) is 10.6 Å². The summed E-state index contributed by atoms with van der Waals surface area (Å²) in [5, 5.41) is 8.37. The lowest BCUT2D eigenvalue weighted by Crippen LogP contribution is -2.37. The molecule has 0 amide bonds. The number of anilines is 2. The lowest BCUT2D eigenvalue weighted by molar-refractivity contribution is 0.240. The second kappa shape index (κ2) is 8.37. The van der Waals surface area contributed by atoms with Crippen LogP contribution in [0, 0.1) is 0 Å². The van der Waals surface area contributed by atoms with Gasteiger partial charge in [0.1, 0.15) is 17.1 Å². The van der Waals surface area contributed by atoms with Crippen LogP contribution in [-0.4, -0.2) is 11.1 Å². The highest BCUT2D eigenvalue weighted by Gasteiger charge is 2.21. The molecule has 0 spiro atoms. The maximum Gasteiger partial charge on any atom is 0.253 e. The van der Waals surface area contributed by atoms with Gasteiger partial charge in [0.25, 0.3) is 10.9 Å². The van der Waals surface area contributed by atoms with Crippen LogP contribution in [0.25, 0.3) is 10.8 Å². The van der Waals surface area contributed by atoms with Crippen LogP contribution in [0.3, 0.4) is 0 Å². The van der Waals surface area contributed by atoms with Crippen LogP contribution in [0.1, 0.15) is 25.0 Å². The van der Waals surface area contributed by atoms with Crippen molar-refractivity contribution in [3.8, 4) is 5.75 Å². The molecule has 0 aliphatic carbocycles. The minimum Gasteiger partial charge on any atom is -0.491 e. The smallest absolute Gasteiger partial charge is 0.253 e. The van der Waals surface area contributed by atoms with Crippen molar-refractivity contribution in [1.82, 2.24) is 4.98 Å². The fourth-order valence-corrected chi connectivity index (χ4v) is 3.46. The first-order valence-corrected chi connectivity index (χ1v) is 9.92. The molecule has 0 saturated heterocycles. The van der Waals surface area contributed by atoms with Crippen LogP contribution < -0.4 is 26.2 Å². The highest BCUT2D eigenvalue weighted by molar-refractivity contribution is 5.88. The largest absolute Gasteiger partial charge is 0.491 e. The number of rotatable bonds is 8. The molecule has 6 heteroatoms. The van der Waals surface area contributed by atoms with Gasteiger partial charge in [-0.1, -0.05) is 30.3 Å². The lowest BCUT2D eigenvalue weighted by atomic mass is 10.0. The predicted molar refractivity (Wildman–Crippen MR) is 120 cm³/mol. The first-order valence-electron chi connectivity index (χ1n) is 9.92. The monoisotopic (exact) mass is 401 g/mol. The normalized spacial score (nSPS) is 11.2. The van der Waals surface area contributed by atoms with E-state index in [9.17, 15) is 9.59 Å². The van der Waals surface area contributed by atoms with Gasteiger partial charge in [-0.3, -0.25) is 14.6 Å². The molecule has 4 rings (SSSR count). The fourth-order valence-electron chi connectivity index (χ4n) is 3.46. The molecule has 0 fully saturated rings. The molecule has 0 aliphatic rings. The number of ether oxygens (including phenoxy) is 1. The zero-order valence-electron chi connectivity index (χ0n) is 16.9. The third kappa shape index (κ3) is 3.89. The molecule has 0 bridgehead atoms. The second-order valence-corrected chi connectivity index (χ2v) is 7.40. The molecule has 4 aromatic rings. The van der Waals surface area contributed by atoms with Gasteiger partial charge in [-0.15, -0.1) is 0 Å². The highest BCUT2D eigenvalue weighted by atomic mass is 16.5. The maximum absolute atomic E-state index is 12.2. The van der Waals surface area contributed by atoms with Crippen LogP contribution in [0.2, 0.25) is 0 Å². The summed E-state index contributed by atoms with van der Waals surface area (Å²) in [6.45, 7) is 4.77. The lowest BCUT2D eigenvalue weighted by Gasteiger charge is -2.19. The van der Waals surface area contributed by atoms with Crippen LogP contribution in [0.4, 0.5) is 11.4 Å². The molecule has 0 aliphatic heterocycles. The molecular weight excluding hydrogens is 378 g/mol. The number of benzene rings is 2. The number of hydrogen-bond acceptors (Lipinski definition) is 6. The summed E-state index contributed by atoms with van der Waals surface area (Å²) in [5.41, 5.74) is 1.57. The average Bonchev–Trinajstić information content (AvgIpc) is 2.76. The van der Waals surface area contributed by atoms with Crippen molar-refractivity contribution < 1.29 is 4.74 Å². The molecule has 0 radical (unpaired) electrons. The number of fused-ring (bicyclic) bond motifs is 1. The summed E-state index contributed by atoms with van der Waals surface area (Å²) in [5.74, 6) is 0.765. The Morgan fingerprint density at radius 1 is 0.867 bits per heavy atom. The van der Waals surface area contributed by atoms with E-state index in [-0.39, 0.29) is 6.10 Å². The number of pyridine rings is 1. The first kappa shape index (κ1) is 19.6. The minimum absolute atomic E-state index is 0.0219. The summed E-state index contributed by atoms with van der Waals surface area (Å²) in [6, 6.07) is 15.7. The van der Waals surface area contributed by atoms with E-state index < -0.39 is 10.9 Å². The van der Waals surface area contributed by atoms with Crippen LogP contribution in [-0.2, 0) is 13.1 Å². The van der Waals surface area contributed by atoms with E-state index >= 15 is 0 Å². The average molecular weight is 401 g/mol. The first-order chi connectivity index (χ1) is 14.5. The van der Waals surface area contributed by atoms with Crippen LogP contribution in [0.15, 0.2) is 70.5 Å². The second-order valence-electron chi connectivity index (χ2n) is 7.40. The number of aromatic nitrogens is 1. The molecule has 3 aromatic carbocycles. The molecular formula is C24H23N3O3.